The predicted octanol–water partition coefficient (Wildman–Crippen LogP) is 5.52. The number of rotatable bonds is 6. The van der Waals surface area contributed by atoms with Crippen LogP contribution in [0.5, 0.6) is 11.9 Å². The monoisotopic (exact) mass is 695 g/mol. The molecule has 0 saturated heterocycles. The highest BCUT2D eigenvalue weighted by Gasteiger charge is 2.71. The molecule has 2 aliphatic rings. The molecule has 0 radical (unpaired) electrons. The molecule has 48 heavy (non-hydrogen) atoms. The molecule has 0 amide bonds. The van der Waals surface area contributed by atoms with Crippen LogP contribution in [-0.4, -0.2) is 78.4 Å². The second-order valence-corrected chi connectivity index (χ2v) is 11.7. The summed E-state index contributed by atoms with van der Waals surface area (Å²) < 4.78 is 156. The molecule has 2 aromatic heterocycles. The summed E-state index contributed by atoms with van der Waals surface area (Å²) in [6.07, 6.45) is -14.4. The van der Waals surface area contributed by atoms with Crippen LogP contribution >= 0.6 is 0 Å². The van der Waals surface area contributed by atoms with Crippen molar-refractivity contribution < 1.29 is 53.4 Å². The number of nitrogen functional groups attached to an aromatic ring is 1. The zero-order valence-corrected chi connectivity index (χ0v) is 25.4. The molecule has 5 rings (SSSR count). The van der Waals surface area contributed by atoms with E-state index < -0.39 is 118 Å². The summed E-state index contributed by atoms with van der Waals surface area (Å²) >= 11 is 0. The molecular weight excluding hydrogens is 668 g/mol. The lowest BCUT2D eigenvalue weighted by Gasteiger charge is -2.24. The number of hydrogen-bond donors (Lipinski definition) is 3. The number of halogens is 10. The lowest BCUT2D eigenvalue weighted by Crippen LogP contribution is -2.37. The number of nitrogens with two attached hydrogens (primary N) is 1. The second kappa shape index (κ2) is 12.2. The third-order valence-corrected chi connectivity index (χ3v) is 7.78. The first-order valence-corrected chi connectivity index (χ1v) is 14.2. The van der Waals surface area contributed by atoms with E-state index >= 15 is 4.39 Å². The minimum absolute atomic E-state index is 0.133. The Bertz CT molecular complexity index is 1800. The quantitative estimate of drug-likeness (QED) is 0.175. The number of nitrogens with zero attached hydrogens (tertiary/aromatic N) is 4. The fourth-order valence-corrected chi connectivity index (χ4v) is 5.44. The van der Waals surface area contributed by atoms with Crippen molar-refractivity contribution in [3.05, 3.63) is 28.8 Å². The fourth-order valence-electron chi connectivity index (χ4n) is 5.44. The zero-order chi connectivity index (χ0) is 35.4. The van der Waals surface area contributed by atoms with Crippen LogP contribution in [0.3, 0.4) is 0 Å². The molecule has 260 valence electrons. The van der Waals surface area contributed by atoms with Crippen molar-refractivity contribution in [3.8, 4) is 35.1 Å². The number of nitrogens with one attached hydrogen (secondary N) is 2. The van der Waals surface area contributed by atoms with Crippen molar-refractivity contribution in [1.82, 2.24) is 25.2 Å². The Hall–Kier alpha value is -4.47. The standard InChI is InChI=1S/C29H27F10N7O2/c1-13-18(29(37,38)39)14(9-15(40)19(13)30)21-20(31)22-17-23(45-25(44-22)47-12-26(11-46(2)3)10-27(26,32)33)42-7-4-6-41-8-5-16(28(34,35)36)48-24(17)43-21/h9,16,41H,5,7-8,10-12,40H2,1-3H3,(H,42,44,45). The molecule has 0 bridgehead atoms. The molecule has 1 aromatic carbocycles. The summed E-state index contributed by atoms with van der Waals surface area (Å²) in [5.74, 6) is -5.20. The van der Waals surface area contributed by atoms with Gasteiger partial charge in [0.1, 0.15) is 34.8 Å². The van der Waals surface area contributed by atoms with Crippen LogP contribution in [-0.2, 0) is 6.18 Å². The Balaban J connectivity index is 1.78. The van der Waals surface area contributed by atoms with Gasteiger partial charge in [0, 0.05) is 37.5 Å². The molecule has 3 heterocycles. The van der Waals surface area contributed by atoms with E-state index in [1.54, 1.807) is 14.1 Å². The first-order chi connectivity index (χ1) is 22.3. The molecular formula is C29H27F10N7O2. The summed E-state index contributed by atoms with van der Waals surface area (Å²) in [5.41, 5.74) is -2.99. The third kappa shape index (κ3) is 6.62. The summed E-state index contributed by atoms with van der Waals surface area (Å²) in [4.78, 5) is 13.2. The van der Waals surface area contributed by atoms with Crippen molar-refractivity contribution in [2.45, 2.75) is 44.1 Å². The highest BCUT2D eigenvalue weighted by molar-refractivity contribution is 5.97. The van der Waals surface area contributed by atoms with Crippen LogP contribution in [0.25, 0.3) is 22.2 Å². The smallest absolute Gasteiger partial charge is 0.425 e. The van der Waals surface area contributed by atoms with Crippen molar-refractivity contribution in [3.63, 3.8) is 0 Å². The van der Waals surface area contributed by atoms with Crippen LogP contribution in [0, 0.1) is 35.9 Å². The normalized spacial score (nSPS) is 20.8. The zero-order valence-electron chi connectivity index (χ0n) is 25.4. The van der Waals surface area contributed by atoms with Crippen molar-refractivity contribution >= 4 is 22.4 Å². The molecule has 3 aromatic rings. The second-order valence-electron chi connectivity index (χ2n) is 11.7. The lowest BCUT2D eigenvalue weighted by atomic mass is 9.96. The molecule has 2 atom stereocenters. The summed E-state index contributed by atoms with van der Waals surface area (Å²) in [6.45, 7) is -0.702. The van der Waals surface area contributed by atoms with E-state index in [1.165, 1.54) is 4.90 Å². The molecule has 2 unspecified atom stereocenters. The number of benzene rings is 1. The van der Waals surface area contributed by atoms with Gasteiger partial charge in [-0.2, -0.15) is 36.3 Å². The van der Waals surface area contributed by atoms with Gasteiger partial charge in [0.05, 0.1) is 23.2 Å². The number of aromatic nitrogens is 3. The Morgan fingerprint density at radius 1 is 1.10 bits per heavy atom. The van der Waals surface area contributed by atoms with Crippen LogP contribution in [0.4, 0.5) is 55.4 Å². The van der Waals surface area contributed by atoms with Crippen LogP contribution in [0.15, 0.2) is 6.07 Å². The third-order valence-electron chi connectivity index (χ3n) is 7.78. The molecule has 1 fully saturated rings. The summed E-state index contributed by atoms with van der Waals surface area (Å²) in [5, 5.41) is 4.44. The van der Waals surface area contributed by atoms with E-state index in [1.807, 2.05) is 0 Å². The van der Waals surface area contributed by atoms with Gasteiger partial charge in [-0.1, -0.05) is 5.92 Å². The van der Waals surface area contributed by atoms with E-state index in [2.05, 4.69) is 37.6 Å². The van der Waals surface area contributed by atoms with Crippen LogP contribution in [0.1, 0.15) is 24.0 Å². The lowest BCUT2D eigenvalue weighted by molar-refractivity contribution is -0.196. The predicted molar refractivity (Wildman–Crippen MR) is 152 cm³/mol. The Kier molecular flexibility index (Phi) is 8.86. The largest absolute Gasteiger partial charge is 0.464 e. The number of alkyl halides is 8. The Morgan fingerprint density at radius 3 is 2.40 bits per heavy atom. The van der Waals surface area contributed by atoms with E-state index in [4.69, 9.17) is 15.2 Å². The minimum Gasteiger partial charge on any atom is -0.464 e. The van der Waals surface area contributed by atoms with Gasteiger partial charge in [-0.05, 0) is 32.6 Å². The van der Waals surface area contributed by atoms with E-state index in [0.29, 0.717) is 6.07 Å². The Morgan fingerprint density at radius 2 is 1.79 bits per heavy atom. The van der Waals surface area contributed by atoms with Gasteiger partial charge < -0.3 is 30.7 Å². The maximum absolute atomic E-state index is 16.5. The maximum atomic E-state index is 16.5. The van der Waals surface area contributed by atoms with Crippen molar-refractivity contribution in [1.29, 1.82) is 0 Å². The summed E-state index contributed by atoms with van der Waals surface area (Å²) in [7, 11) is 3.10. The molecule has 19 heteroatoms. The van der Waals surface area contributed by atoms with Gasteiger partial charge in [-0.3, -0.25) is 0 Å². The van der Waals surface area contributed by atoms with E-state index in [9.17, 15) is 39.5 Å². The first-order valence-electron chi connectivity index (χ1n) is 14.2. The summed E-state index contributed by atoms with van der Waals surface area (Å²) in [6, 6.07) is 2.10. The van der Waals surface area contributed by atoms with E-state index in [-0.39, 0.29) is 19.6 Å². The van der Waals surface area contributed by atoms with Crippen LogP contribution in [0.2, 0.25) is 0 Å². The molecule has 1 aliphatic heterocycles. The van der Waals surface area contributed by atoms with Gasteiger partial charge in [0.25, 0.3) is 5.92 Å². The maximum Gasteiger partial charge on any atom is 0.425 e. The SMILES string of the molecule is Cc1c(F)c(N)cc(-c2nc3c4c(nc(OCC5(CN(C)C)CC5(F)F)nc4c2F)NCC#CNCCC(C(F)(F)F)O3)c1C(F)(F)F. The average molecular weight is 696 g/mol. The molecule has 9 nitrogen and oxygen atoms in total. The molecule has 1 saturated carbocycles. The average Bonchev–Trinajstić information content (AvgIpc) is 3.50. The first kappa shape index (κ1) is 34.9. The molecule has 0 spiro atoms. The van der Waals surface area contributed by atoms with E-state index in [0.717, 1.165) is 6.92 Å². The topological polar surface area (TPSA) is 110 Å². The number of anilines is 2. The van der Waals surface area contributed by atoms with Gasteiger partial charge in [0.15, 0.2) is 11.9 Å². The minimum atomic E-state index is -5.32. The highest BCUT2D eigenvalue weighted by atomic mass is 19.4. The molecule has 1 aliphatic carbocycles. The number of pyridine rings is 1. The highest BCUT2D eigenvalue weighted by Crippen LogP contribution is 2.60. The Labute approximate surface area is 266 Å². The number of ether oxygens (including phenoxy) is 2. The van der Waals surface area contributed by atoms with Gasteiger partial charge in [0.2, 0.25) is 5.88 Å². The van der Waals surface area contributed by atoms with Crippen molar-refractivity contribution in [2.24, 2.45) is 5.41 Å². The van der Waals surface area contributed by atoms with Gasteiger partial charge in [-0.25, -0.2) is 22.5 Å². The number of hydrogen-bond acceptors (Lipinski definition) is 9. The van der Waals surface area contributed by atoms with Crippen molar-refractivity contribution in [2.75, 3.05) is 51.4 Å². The fraction of sp³-hybridized carbons (Fsp3) is 0.483. The van der Waals surface area contributed by atoms with Gasteiger partial charge in [-0.15, -0.1) is 0 Å². The van der Waals surface area contributed by atoms with Gasteiger partial charge >= 0.3 is 18.4 Å². The van der Waals surface area contributed by atoms with Crippen LogP contribution < -0.4 is 25.8 Å². The molecule has 4 N–H and O–H groups in total.